The van der Waals surface area contributed by atoms with E-state index in [1.807, 2.05) is 54.6 Å². The molecule has 194 valence electrons. The van der Waals surface area contributed by atoms with E-state index in [-0.39, 0.29) is 18.5 Å². The molecular weight excluding hydrogens is 506 g/mol. The lowest BCUT2D eigenvalue weighted by Gasteiger charge is -2.37. The Morgan fingerprint density at radius 1 is 0.973 bits per heavy atom. The number of carbonyl (C=O) groups excluding carboxylic acids is 1. The third-order valence-corrected chi connectivity index (χ3v) is 8.59. The summed E-state index contributed by atoms with van der Waals surface area (Å²) in [5.41, 5.74) is 3.36. The number of hydrogen-bond acceptors (Lipinski definition) is 6. The van der Waals surface area contributed by atoms with Gasteiger partial charge in [0.2, 0.25) is 0 Å². The summed E-state index contributed by atoms with van der Waals surface area (Å²) < 4.78 is 33.3. The summed E-state index contributed by atoms with van der Waals surface area (Å²) in [6.45, 7) is 3.96. The Labute approximate surface area is 223 Å². The van der Waals surface area contributed by atoms with E-state index in [0.29, 0.717) is 13.0 Å². The number of hydrogen-bond donors (Lipinski definition) is 0. The van der Waals surface area contributed by atoms with Crippen LogP contribution in [0.1, 0.15) is 23.1 Å². The number of amides is 1. The van der Waals surface area contributed by atoms with Crippen LogP contribution in [0.4, 0.5) is 4.79 Å². The zero-order valence-electron chi connectivity index (χ0n) is 20.7. The minimum absolute atomic E-state index is 0.0231. The van der Waals surface area contributed by atoms with Crippen LogP contribution in [0.5, 0.6) is 0 Å². The van der Waals surface area contributed by atoms with Gasteiger partial charge in [-0.15, -0.1) is 11.8 Å². The van der Waals surface area contributed by atoms with Crippen LogP contribution in [-0.4, -0.2) is 56.7 Å². The van der Waals surface area contributed by atoms with Crippen LogP contribution in [0.2, 0.25) is 0 Å². The van der Waals surface area contributed by atoms with Crippen molar-refractivity contribution in [2.75, 3.05) is 26.0 Å². The van der Waals surface area contributed by atoms with Crippen molar-refractivity contribution in [3.63, 3.8) is 0 Å². The van der Waals surface area contributed by atoms with E-state index in [4.69, 9.17) is 8.92 Å². The van der Waals surface area contributed by atoms with Gasteiger partial charge in [-0.25, -0.2) is 4.79 Å². The van der Waals surface area contributed by atoms with Crippen LogP contribution >= 0.6 is 11.8 Å². The Morgan fingerprint density at radius 3 is 1.89 bits per heavy atom. The molecule has 3 aromatic carbocycles. The molecular formula is C29H31NO5S2. The molecule has 4 rings (SSSR count). The summed E-state index contributed by atoms with van der Waals surface area (Å²) in [4.78, 5) is 14.5. The van der Waals surface area contributed by atoms with Gasteiger partial charge in [-0.1, -0.05) is 104 Å². The highest BCUT2D eigenvalue weighted by atomic mass is 32.2. The second kappa shape index (κ2) is 12.0. The molecule has 1 amide bonds. The molecule has 0 aliphatic carbocycles. The highest BCUT2D eigenvalue weighted by Gasteiger charge is 2.44. The van der Waals surface area contributed by atoms with Crippen molar-refractivity contribution in [3.8, 4) is 0 Å². The van der Waals surface area contributed by atoms with Crippen molar-refractivity contribution >= 4 is 28.0 Å². The third kappa shape index (κ3) is 6.44. The lowest BCUT2D eigenvalue weighted by atomic mass is 9.84. The van der Waals surface area contributed by atoms with E-state index in [1.165, 1.54) is 6.08 Å². The zero-order valence-corrected chi connectivity index (χ0v) is 22.4. The van der Waals surface area contributed by atoms with Crippen LogP contribution in [0.25, 0.3) is 0 Å². The molecule has 2 atom stereocenters. The maximum Gasteiger partial charge on any atom is 0.410 e. The second-order valence-electron chi connectivity index (χ2n) is 8.92. The fourth-order valence-corrected chi connectivity index (χ4v) is 7.00. The lowest BCUT2D eigenvalue weighted by molar-refractivity contribution is 0.0969. The van der Waals surface area contributed by atoms with Gasteiger partial charge in [0.25, 0.3) is 10.1 Å². The topological polar surface area (TPSA) is 72.9 Å². The Bertz CT molecular complexity index is 1190. The van der Waals surface area contributed by atoms with Gasteiger partial charge in [-0.05, 0) is 23.1 Å². The number of likely N-dealkylation sites (tertiary alicyclic amines) is 1. The van der Waals surface area contributed by atoms with Crippen LogP contribution in [-0.2, 0) is 23.8 Å². The number of rotatable bonds is 10. The monoisotopic (exact) mass is 537 g/mol. The first-order valence-electron chi connectivity index (χ1n) is 12.1. The van der Waals surface area contributed by atoms with Gasteiger partial charge in [-0.3, -0.25) is 4.18 Å². The van der Waals surface area contributed by atoms with E-state index < -0.39 is 27.0 Å². The number of carbonyl (C=O) groups is 1. The smallest absolute Gasteiger partial charge is 0.410 e. The first kappa shape index (κ1) is 27.0. The SMILES string of the molecule is C=CCOC(=O)N1CC(SC(c2ccccc2)(c2ccccc2)c2ccccc2)CC1COS(C)(=O)=O. The normalized spacial score (nSPS) is 17.9. The number of thioether (sulfide) groups is 1. The minimum Gasteiger partial charge on any atom is -0.445 e. The van der Waals surface area contributed by atoms with Gasteiger partial charge < -0.3 is 9.64 Å². The fraction of sp³-hybridized carbons (Fsp3) is 0.276. The van der Waals surface area contributed by atoms with Crippen molar-refractivity contribution in [1.29, 1.82) is 0 Å². The van der Waals surface area contributed by atoms with E-state index in [9.17, 15) is 13.2 Å². The van der Waals surface area contributed by atoms with Crippen LogP contribution in [0.3, 0.4) is 0 Å². The van der Waals surface area contributed by atoms with E-state index >= 15 is 0 Å². The van der Waals surface area contributed by atoms with E-state index in [1.54, 1.807) is 16.7 Å². The molecule has 37 heavy (non-hydrogen) atoms. The predicted molar refractivity (Wildman–Crippen MR) is 148 cm³/mol. The van der Waals surface area contributed by atoms with Gasteiger partial charge in [0, 0.05) is 11.8 Å². The summed E-state index contributed by atoms with van der Waals surface area (Å²) in [5.74, 6) is 0. The van der Waals surface area contributed by atoms with Gasteiger partial charge >= 0.3 is 6.09 Å². The third-order valence-electron chi connectivity index (χ3n) is 6.29. The molecule has 1 aliphatic rings. The van der Waals surface area contributed by atoms with Gasteiger partial charge in [0.15, 0.2) is 0 Å². The Hall–Kier alpha value is -3.07. The summed E-state index contributed by atoms with van der Waals surface area (Å²) in [6.07, 6.45) is 2.57. The van der Waals surface area contributed by atoms with Gasteiger partial charge in [0.1, 0.15) is 6.61 Å². The van der Waals surface area contributed by atoms with Crippen molar-refractivity contribution in [2.24, 2.45) is 0 Å². The molecule has 0 N–H and O–H groups in total. The molecule has 1 heterocycles. The first-order valence-corrected chi connectivity index (χ1v) is 14.8. The zero-order chi connectivity index (χ0) is 26.3. The van der Waals surface area contributed by atoms with Gasteiger partial charge in [0.05, 0.1) is 23.7 Å². The van der Waals surface area contributed by atoms with Gasteiger partial charge in [-0.2, -0.15) is 8.42 Å². The summed E-state index contributed by atoms with van der Waals surface area (Å²) >= 11 is 1.77. The minimum atomic E-state index is -3.66. The molecule has 0 spiro atoms. The molecule has 0 bridgehead atoms. The lowest BCUT2D eigenvalue weighted by Crippen LogP contribution is -2.39. The largest absolute Gasteiger partial charge is 0.445 e. The van der Waals surface area contributed by atoms with Crippen LogP contribution in [0.15, 0.2) is 104 Å². The molecule has 0 saturated carbocycles. The molecule has 2 unspecified atom stereocenters. The highest BCUT2D eigenvalue weighted by Crippen LogP contribution is 2.52. The van der Waals surface area contributed by atoms with Crippen molar-refractivity contribution < 1.29 is 22.1 Å². The fourth-order valence-electron chi connectivity index (χ4n) is 4.73. The number of ether oxygens (including phenoxy) is 1. The van der Waals surface area contributed by atoms with Crippen molar-refractivity contribution in [1.82, 2.24) is 4.90 Å². The summed E-state index contributed by atoms with van der Waals surface area (Å²) in [6, 6.07) is 30.5. The molecule has 1 aliphatic heterocycles. The highest BCUT2D eigenvalue weighted by molar-refractivity contribution is 8.01. The number of benzene rings is 3. The molecule has 1 saturated heterocycles. The second-order valence-corrected chi connectivity index (χ2v) is 12.1. The van der Waals surface area contributed by atoms with Crippen LogP contribution in [0, 0.1) is 0 Å². The Balaban J connectivity index is 1.75. The maximum absolute atomic E-state index is 12.9. The van der Waals surface area contributed by atoms with E-state index in [0.717, 1.165) is 22.9 Å². The molecule has 3 aromatic rings. The van der Waals surface area contributed by atoms with Crippen LogP contribution < -0.4 is 0 Å². The number of nitrogens with zero attached hydrogens (tertiary/aromatic N) is 1. The molecule has 8 heteroatoms. The van der Waals surface area contributed by atoms with Crippen molar-refractivity contribution in [3.05, 3.63) is 120 Å². The summed E-state index contributed by atoms with van der Waals surface area (Å²) in [7, 11) is -3.66. The maximum atomic E-state index is 12.9. The van der Waals surface area contributed by atoms with E-state index in [2.05, 4.69) is 43.0 Å². The first-order chi connectivity index (χ1) is 17.8. The molecule has 0 aromatic heterocycles. The van der Waals surface area contributed by atoms with Crippen molar-refractivity contribution in [2.45, 2.75) is 22.5 Å². The average Bonchev–Trinajstić information content (AvgIpc) is 3.33. The molecule has 1 fully saturated rings. The standard InChI is InChI=1S/C29H31NO5S2/c1-3-19-34-28(31)30-21-27(20-26(30)22-35-37(2,32)33)36-29(23-13-7-4-8-14-23,24-15-9-5-10-16-24)25-17-11-6-12-18-25/h3-18,26-27H,1,19-22H2,2H3. The summed E-state index contributed by atoms with van der Waals surface area (Å²) in [5, 5.41) is -0.0231. The quantitative estimate of drug-likeness (QED) is 0.194. The average molecular weight is 538 g/mol. The Morgan fingerprint density at radius 2 is 1.46 bits per heavy atom. The Kier molecular flexibility index (Phi) is 8.74. The molecule has 0 radical (unpaired) electrons. The predicted octanol–water partition coefficient (Wildman–Crippen LogP) is 5.45. The molecule has 6 nitrogen and oxygen atoms in total.